The summed E-state index contributed by atoms with van der Waals surface area (Å²) in [5.74, 6) is 0.601. The molecule has 2 heterocycles. The second-order valence-corrected chi connectivity index (χ2v) is 11.1. The zero-order chi connectivity index (χ0) is 29.7. The summed E-state index contributed by atoms with van der Waals surface area (Å²) in [6.45, 7) is 8.02. The highest BCUT2D eigenvalue weighted by molar-refractivity contribution is 5.97. The quantitative estimate of drug-likeness (QED) is 0.183. The van der Waals surface area contributed by atoms with Crippen LogP contribution in [0.4, 0.5) is 0 Å². The third-order valence-corrected chi connectivity index (χ3v) is 7.43. The van der Waals surface area contributed by atoms with Gasteiger partial charge < -0.3 is 30.3 Å². The Morgan fingerprint density at radius 3 is 2.29 bits per heavy atom. The maximum Gasteiger partial charge on any atom is 0.251 e. The fraction of sp³-hybridized carbons (Fsp3) is 0.500. The Balaban J connectivity index is 1.41. The van der Waals surface area contributed by atoms with Crippen molar-refractivity contribution in [2.24, 2.45) is 16.9 Å². The number of nitrogens with zero attached hydrogens (tertiary/aromatic N) is 2. The van der Waals surface area contributed by atoms with E-state index in [4.69, 9.17) is 9.47 Å². The van der Waals surface area contributed by atoms with Crippen molar-refractivity contribution < 1.29 is 29.3 Å². The second kappa shape index (κ2) is 13.4. The summed E-state index contributed by atoms with van der Waals surface area (Å²) in [6.07, 6.45) is -1.79. The molecule has 41 heavy (non-hydrogen) atoms. The van der Waals surface area contributed by atoms with Gasteiger partial charge in [0.2, 0.25) is 5.91 Å². The third kappa shape index (κ3) is 8.04. The van der Waals surface area contributed by atoms with E-state index in [2.05, 4.69) is 28.0 Å². The Morgan fingerprint density at radius 1 is 1.05 bits per heavy atom. The molecule has 6 atom stereocenters. The molecule has 1 fully saturated rings. The van der Waals surface area contributed by atoms with Crippen molar-refractivity contribution in [2.75, 3.05) is 13.6 Å². The fourth-order valence-electron chi connectivity index (χ4n) is 5.05. The number of aliphatic hydroxyl groups is 2. The van der Waals surface area contributed by atoms with Crippen LogP contribution in [0.25, 0.3) is 0 Å². The summed E-state index contributed by atoms with van der Waals surface area (Å²) in [5.41, 5.74) is 1.38. The van der Waals surface area contributed by atoms with Crippen LogP contribution in [0.15, 0.2) is 59.7 Å². The largest absolute Gasteiger partial charge is 0.457 e. The monoisotopic (exact) mass is 567 g/mol. The zero-order valence-corrected chi connectivity index (χ0v) is 24.2. The van der Waals surface area contributed by atoms with Crippen LogP contribution >= 0.6 is 0 Å². The summed E-state index contributed by atoms with van der Waals surface area (Å²) in [4.78, 5) is 26.5. The van der Waals surface area contributed by atoms with E-state index in [9.17, 15) is 19.8 Å². The van der Waals surface area contributed by atoms with Gasteiger partial charge in [0.05, 0.1) is 12.1 Å². The SMILES string of the molecule is CC1=NN(C)C(C2OC2NC[C@H](NC(=O)c2ccc(Oc3ccccc3)cc2)C(=O)NC(CC(C)C)C(O)O)C1C. The molecule has 1 saturated heterocycles. The number of benzene rings is 2. The van der Waals surface area contributed by atoms with Crippen LogP contribution < -0.4 is 20.7 Å². The zero-order valence-electron chi connectivity index (χ0n) is 24.2. The Morgan fingerprint density at radius 2 is 1.71 bits per heavy atom. The number of rotatable bonds is 13. The molecule has 11 heteroatoms. The molecule has 0 aliphatic carbocycles. The van der Waals surface area contributed by atoms with Crippen molar-refractivity contribution in [1.82, 2.24) is 21.0 Å². The van der Waals surface area contributed by atoms with Crippen LogP contribution in [-0.2, 0) is 9.53 Å². The normalized spacial score (nSPS) is 23.2. The van der Waals surface area contributed by atoms with Gasteiger partial charge in [0.15, 0.2) is 6.29 Å². The minimum absolute atomic E-state index is 0.0749. The highest BCUT2D eigenvalue weighted by Crippen LogP contribution is 2.34. The molecule has 0 bridgehead atoms. The predicted molar refractivity (Wildman–Crippen MR) is 154 cm³/mol. The van der Waals surface area contributed by atoms with Crippen LogP contribution in [0.2, 0.25) is 0 Å². The lowest BCUT2D eigenvalue weighted by Gasteiger charge is -2.26. The van der Waals surface area contributed by atoms with Gasteiger partial charge in [-0.1, -0.05) is 39.0 Å². The van der Waals surface area contributed by atoms with E-state index in [0.29, 0.717) is 23.5 Å². The lowest BCUT2D eigenvalue weighted by Crippen LogP contribution is -2.56. The van der Waals surface area contributed by atoms with Crippen molar-refractivity contribution in [1.29, 1.82) is 0 Å². The molecular formula is C30H41N5O6. The van der Waals surface area contributed by atoms with E-state index in [-0.39, 0.29) is 36.8 Å². The summed E-state index contributed by atoms with van der Waals surface area (Å²) in [7, 11) is 1.91. The lowest BCUT2D eigenvalue weighted by molar-refractivity contribution is -0.129. The van der Waals surface area contributed by atoms with Crippen LogP contribution in [0.1, 0.15) is 44.5 Å². The number of hydrogen-bond acceptors (Lipinski definition) is 9. The van der Waals surface area contributed by atoms with Crippen molar-refractivity contribution in [3.05, 3.63) is 60.2 Å². The van der Waals surface area contributed by atoms with E-state index in [1.807, 2.05) is 63.2 Å². The van der Waals surface area contributed by atoms with Gasteiger partial charge >= 0.3 is 0 Å². The van der Waals surface area contributed by atoms with E-state index < -0.39 is 30.2 Å². The van der Waals surface area contributed by atoms with Gasteiger partial charge in [0, 0.05) is 30.8 Å². The first-order valence-corrected chi connectivity index (χ1v) is 14.0. The second-order valence-electron chi connectivity index (χ2n) is 11.1. The number of epoxide rings is 1. The minimum Gasteiger partial charge on any atom is -0.457 e. The van der Waals surface area contributed by atoms with Crippen molar-refractivity contribution in [3.63, 3.8) is 0 Å². The van der Waals surface area contributed by atoms with E-state index in [0.717, 1.165) is 5.71 Å². The molecule has 0 aromatic heterocycles. The van der Waals surface area contributed by atoms with Gasteiger partial charge in [-0.3, -0.25) is 19.9 Å². The van der Waals surface area contributed by atoms with Gasteiger partial charge in [-0.15, -0.1) is 0 Å². The number of nitrogens with one attached hydrogen (secondary N) is 3. The number of hydrazone groups is 1. The molecule has 2 aromatic rings. The molecule has 2 aliphatic heterocycles. The number of aliphatic hydroxyl groups excluding tert-OH is 1. The number of amides is 2. The van der Waals surface area contributed by atoms with Crippen molar-refractivity contribution >= 4 is 17.5 Å². The van der Waals surface area contributed by atoms with Crippen LogP contribution in [0.3, 0.4) is 0 Å². The van der Waals surface area contributed by atoms with Gasteiger partial charge in [-0.05, 0) is 55.7 Å². The van der Waals surface area contributed by atoms with Gasteiger partial charge in [-0.2, -0.15) is 5.10 Å². The van der Waals surface area contributed by atoms with Crippen molar-refractivity contribution in [3.8, 4) is 11.5 Å². The Labute approximate surface area is 240 Å². The maximum absolute atomic E-state index is 13.3. The number of para-hydroxylation sites is 1. The smallest absolute Gasteiger partial charge is 0.251 e. The molecule has 0 radical (unpaired) electrons. The number of ether oxygens (including phenoxy) is 2. The summed E-state index contributed by atoms with van der Waals surface area (Å²) < 4.78 is 11.7. The molecule has 5 N–H and O–H groups in total. The van der Waals surface area contributed by atoms with Crippen LogP contribution in [-0.4, -0.2) is 83.1 Å². The minimum atomic E-state index is -1.73. The van der Waals surface area contributed by atoms with E-state index in [1.165, 1.54) is 0 Å². The van der Waals surface area contributed by atoms with E-state index >= 15 is 0 Å². The molecule has 11 nitrogen and oxygen atoms in total. The Bertz CT molecular complexity index is 1210. The molecule has 4 rings (SSSR count). The Kier molecular flexibility index (Phi) is 9.98. The highest BCUT2D eigenvalue weighted by Gasteiger charge is 2.51. The Hall–Kier alpha value is -3.51. The number of hydrogen-bond donors (Lipinski definition) is 5. The summed E-state index contributed by atoms with van der Waals surface area (Å²) in [6, 6.07) is 14.1. The van der Waals surface area contributed by atoms with Gasteiger partial charge in [0.25, 0.3) is 5.91 Å². The molecule has 2 aliphatic rings. The summed E-state index contributed by atoms with van der Waals surface area (Å²) >= 11 is 0. The van der Waals surface area contributed by atoms with Crippen LogP contribution in [0.5, 0.6) is 11.5 Å². The predicted octanol–water partition coefficient (Wildman–Crippen LogP) is 2.06. The molecular weight excluding hydrogens is 526 g/mol. The first-order valence-electron chi connectivity index (χ1n) is 14.0. The third-order valence-electron chi connectivity index (χ3n) is 7.43. The number of likely N-dealkylation sites (N-methyl/N-ethyl adjacent to an activating group) is 1. The fourth-order valence-corrected chi connectivity index (χ4v) is 5.05. The standard InChI is InChI=1S/C30H41N5O6/c1-17(2)15-23(30(38)39)32-28(37)24(16-31-29-26(41-29)25-18(3)19(4)34-35(25)5)33-27(36)20-11-13-22(14-12-20)40-21-9-7-6-8-10-21/h6-14,17-18,23-26,29-31,38-39H,15-16H2,1-5H3,(H,32,37)(H,33,36)/t18?,23?,24-,25?,26?,29?/m0/s1. The molecule has 2 amide bonds. The topological polar surface area (TPSA) is 148 Å². The van der Waals surface area contributed by atoms with Crippen molar-refractivity contribution in [2.45, 2.75) is 70.9 Å². The van der Waals surface area contributed by atoms with Gasteiger partial charge in [0.1, 0.15) is 29.9 Å². The first kappa shape index (κ1) is 30.4. The molecule has 2 aromatic carbocycles. The average Bonchev–Trinajstić information content (AvgIpc) is 3.64. The van der Waals surface area contributed by atoms with Gasteiger partial charge in [-0.25, -0.2) is 0 Å². The maximum atomic E-state index is 13.3. The van der Waals surface area contributed by atoms with E-state index in [1.54, 1.807) is 24.3 Å². The molecule has 0 spiro atoms. The van der Waals surface area contributed by atoms with Crippen LogP contribution in [0, 0.1) is 11.8 Å². The number of carbonyl (C=O) groups is 2. The average molecular weight is 568 g/mol. The lowest BCUT2D eigenvalue weighted by atomic mass is 9.96. The first-order chi connectivity index (χ1) is 19.5. The molecule has 5 unspecified atom stereocenters. The summed E-state index contributed by atoms with van der Waals surface area (Å²) in [5, 5.41) is 34.8. The number of carbonyl (C=O) groups excluding carboxylic acids is 2. The highest BCUT2D eigenvalue weighted by atomic mass is 16.6. The molecule has 222 valence electrons. The molecule has 0 saturated carbocycles.